The molecule has 19 heavy (non-hydrogen) atoms. The lowest BCUT2D eigenvalue weighted by Crippen LogP contribution is -2.19. The van der Waals surface area contributed by atoms with Gasteiger partial charge < -0.3 is 5.11 Å². The third-order valence-corrected chi connectivity index (χ3v) is 3.85. The number of halogens is 3. The summed E-state index contributed by atoms with van der Waals surface area (Å²) in [7, 11) is 0. The zero-order valence-electron chi connectivity index (χ0n) is 10.6. The number of thiazole rings is 1. The Bertz CT molecular complexity index is 589. The van der Waals surface area contributed by atoms with E-state index in [0.29, 0.717) is 11.9 Å². The van der Waals surface area contributed by atoms with Gasteiger partial charge in [-0.05, 0) is 23.6 Å². The molecule has 1 N–H and O–H groups in total. The lowest BCUT2D eigenvalue weighted by atomic mass is 9.91. The van der Waals surface area contributed by atoms with Crippen LogP contribution in [0, 0.1) is 5.41 Å². The normalized spacial score (nSPS) is 13.2. The molecule has 0 aliphatic rings. The molecule has 0 radical (unpaired) electrons. The molecular formula is C13H14F3NOS. The van der Waals surface area contributed by atoms with E-state index in [1.807, 2.05) is 13.8 Å². The van der Waals surface area contributed by atoms with Crippen molar-refractivity contribution in [1.82, 2.24) is 4.98 Å². The number of alkyl halides is 3. The molecule has 104 valence electrons. The molecule has 0 aliphatic heterocycles. The lowest BCUT2D eigenvalue weighted by Gasteiger charge is -2.19. The van der Waals surface area contributed by atoms with Gasteiger partial charge in [-0.1, -0.05) is 13.8 Å². The predicted octanol–water partition coefficient (Wildman–Crippen LogP) is 3.88. The van der Waals surface area contributed by atoms with E-state index in [2.05, 4.69) is 4.98 Å². The summed E-state index contributed by atoms with van der Waals surface area (Å²) < 4.78 is 38.5. The van der Waals surface area contributed by atoms with Gasteiger partial charge in [0.2, 0.25) is 0 Å². The second kappa shape index (κ2) is 4.76. The highest BCUT2D eigenvalue weighted by atomic mass is 32.1. The Morgan fingerprint density at radius 2 is 1.95 bits per heavy atom. The second-order valence-corrected chi connectivity index (χ2v) is 6.40. The molecule has 0 spiro atoms. The SMILES string of the molecule is CC(C)(CO)Cc1nc2cc(C(F)(F)F)ccc2s1. The third-order valence-electron chi connectivity index (χ3n) is 2.82. The number of fused-ring (bicyclic) bond motifs is 1. The van der Waals surface area contributed by atoms with Crippen LogP contribution in [0.4, 0.5) is 13.2 Å². The fourth-order valence-corrected chi connectivity index (χ4v) is 2.90. The van der Waals surface area contributed by atoms with Gasteiger partial charge in [-0.25, -0.2) is 4.98 Å². The van der Waals surface area contributed by atoms with Gasteiger partial charge in [-0.3, -0.25) is 0 Å². The summed E-state index contributed by atoms with van der Waals surface area (Å²) in [5, 5.41) is 9.95. The average Bonchev–Trinajstić information content (AvgIpc) is 2.67. The fourth-order valence-electron chi connectivity index (χ4n) is 1.69. The number of aliphatic hydroxyl groups is 1. The standard InChI is InChI=1S/C13H14F3NOS/c1-12(2,7-18)6-11-17-9-5-8(13(14,15)16)3-4-10(9)19-11/h3-5,18H,6-7H2,1-2H3. The number of aliphatic hydroxyl groups excluding tert-OH is 1. The summed E-state index contributed by atoms with van der Waals surface area (Å²) in [6.07, 6.45) is -3.80. The Balaban J connectivity index is 2.36. The number of hydrogen-bond acceptors (Lipinski definition) is 3. The van der Waals surface area contributed by atoms with Crippen molar-refractivity contribution in [1.29, 1.82) is 0 Å². The molecule has 0 bridgehead atoms. The van der Waals surface area contributed by atoms with Crippen molar-refractivity contribution < 1.29 is 18.3 Å². The van der Waals surface area contributed by atoms with Gasteiger partial charge in [0, 0.05) is 13.0 Å². The van der Waals surface area contributed by atoms with Crippen LogP contribution >= 0.6 is 11.3 Å². The summed E-state index contributed by atoms with van der Waals surface area (Å²) in [6, 6.07) is 3.59. The van der Waals surface area contributed by atoms with Crippen molar-refractivity contribution in [2.75, 3.05) is 6.61 Å². The van der Waals surface area contributed by atoms with E-state index in [1.165, 1.54) is 17.4 Å². The summed E-state index contributed by atoms with van der Waals surface area (Å²) in [5.74, 6) is 0. The Morgan fingerprint density at radius 3 is 2.53 bits per heavy atom. The Morgan fingerprint density at radius 1 is 1.26 bits per heavy atom. The van der Waals surface area contributed by atoms with Gasteiger partial charge in [0.25, 0.3) is 0 Å². The Hall–Kier alpha value is -1.14. The van der Waals surface area contributed by atoms with E-state index in [-0.39, 0.29) is 12.0 Å². The monoisotopic (exact) mass is 289 g/mol. The highest BCUT2D eigenvalue weighted by molar-refractivity contribution is 7.18. The van der Waals surface area contributed by atoms with E-state index < -0.39 is 11.7 Å². The van der Waals surface area contributed by atoms with Crippen LogP contribution in [0.1, 0.15) is 24.4 Å². The zero-order chi connectivity index (χ0) is 14.3. The third kappa shape index (κ3) is 3.25. The number of aromatic nitrogens is 1. The second-order valence-electron chi connectivity index (χ2n) is 5.29. The van der Waals surface area contributed by atoms with Crippen LogP contribution in [0.25, 0.3) is 10.2 Å². The molecule has 6 heteroatoms. The lowest BCUT2D eigenvalue weighted by molar-refractivity contribution is -0.137. The van der Waals surface area contributed by atoms with Crippen molar-refractivity contribution in [3.05, 3.63) is 28.8 Å². The highest BCUT2D eigenvalue weighted by Crippen LogP contribution is 2.34. The quantitative estimate of drug-likeness (QED) is 0.930. The molecule has 2 aromatic rings. The molecule has 2 rings (SSSR count). The van der Waals surface area contributed by atoms with E-state index in [4.69, 9.17) is 0 Å². The van der Waals surface area contributed by atoms with Crippen LogP contribution in [0.5, 0.6) is 0 Å². The van der Waals surface area contributed by atoms with Crippen molar-refractivity contribution >= 4 is 21.6 Å². The molecule has 2 nitrogen and oxygen atoms in total. The zero-order valence-corrected chi connectivity index (χ0v) is 11.4. The molecule has 1 aromatic heterocycles. The first kappa shape index (κ1) is 14.3. The number of benzene rings is 1. The minimum Gasteiger partial charge on any atom is -0.396 e. The summed E-state index contributed by atoms with van der Waals surface area (Å²) >= 11 is 1.37. The average molecular weight is 289 g/mol. The molecule has 1 heterocycles. The van der Waals surface area contributed by atoms with Crippen LogP contribution < -0.4 is 0 Å². The molecule has 0 saturated carbocycles. The first-order valence-electron chi connectivity index (χ1n) is 5.79. The van der Waals surface area contributed by atoms with E-state index >= 15 is 0 Å². The fraction of sp³-hybridized carbons (Fsp3) is 0.462. The molecular weight excluding hydrogens is 275 g/mol. The minimum absolute atomic E-state index is 0.0106. The molecule has 0 atom stereocenters. The van der Waals surface area contributed by atoms with Gasteiger partial charge in [0.05, 0.1) is 20.8 Å². The topological polar surface area (TPSA) is 33.1 Å². The first-order chi connectivity index (χ1) is 8.71. The number of nitrogens with zero attached hydrogens (tertiary/aromatic N) is 1. The van der Waals surface area contributed by atoms with Gasteiger partial charge in [-0.15, -0.1) is 11.3 Å². The highest BCUT2D eigenvalue weighted by Gasteiger charge is 2.31. The molecule has 1 aromatic carbocycles. The molecule has 0 fully saturated rings. The maximum atomic E-state index is 12.6. The maximum absolute atomic E-state index is 12.6. The van der Waals surface area contributed by atoms with E-state index in [0.717, 1.165) is 21.8 Å². The van der Waals surface area contributed by atoms with E-state index in [1.54, 1.807) is 0 Å². The summed E-state index contributed by atoms with van der Waals surface area (Å²) in [6.45, 7) is 3.79. The maximum Gasteiger partial charge on any atom is 0.416 e. The Kier molecular flexibility index (Phi) is 3.57. The van der Waals surface area contributed by atoms with Crippen LogP contribution in [0.2, 0.25) is 0 Å². The summed E-state index contributed by atoms with van der Waals surface area (Å²) in [5.41, 5.74) is -0.636. The summed E-state index contributed by atoms with van der Waals surface area (Å²) in [4.78, 5) is 4.23. The largest absolute Gasteiger partial charge is 0.416 e. The molecule has 0 unspecified atom stereocenters. The van der Waals surface area contributed by atoms with Gasteiger partial charge >= 0.3 is 6.18 Å². The van der Waals surface area contributed by atoms with Crippen LogP contribution in [0.3, 0.4) is 0 Å². The van der Waals surface area contributed by atoms with E-state index in [9.17, 15) is 18.3 Å². The van der Waals surface area contributed by atoms with Crippen molar-refractivity contribution in [2.24, 2.45) is 5.41 Å². The number of hydrogen-bond donors (Lipinski definition) is 1. The Labute approximate surface area is 112 Å². The number of rotatable bonds is 3. The predicted molar refractivity (Wildman–Crippen MR) is 69.2 cm³/mol. The molecule has 0 aliphatic carbocycles. The molecule has 0 amide bonds. The van der Waals surface area contributed by atoms with Crippen molar-refractivity contribution in [2.45, 2.75) is 26.4 Å². The van der Waals surface area contributed by atoms with Crippen molar-refractivity contribution in [3.63, 3.8) is 0 Å². The minimum atomic E-state index is -4.34. The molecule has 0 saturated heterocycles. The van der Waals surface area contributed by atoms with Gasteiger partial charge in [-0.2, -0.15) is 13.2 Å². The van der Waals surface area contributed by atoms with Gasteiger partial charge in [0.15, 0.2) is 0 Å². The smallest absolute Gasteiger partial charge is 0.396 e. The first-order valence-corrected chi connectivity index (χ1v) is 6.60. The van der Waals surface area contributed by atoms with Gasteiger partial charge in [0.1, 0.15) is 0 Å². The van der Waals surface area contributed by atoms with Crippen LogP contribution in [-0.4, -0.2) is 16.7 Å². The van der Waals surface area contributed by atoms with Crippen LogP contribution in [-0.2, 0) is 12.6 Å². The van der Waals surface area contributed by atoms with Crippen molar-refractivity contribution in [3.8, 4) is 0 Å². The van der Waals surface area contributed by atoms with Crippen LogP contribution in [0.15, 0.2) is 18.2 Å².